The van der Waals surface area contributed by atoms with Crippen LogP contribution in [0.25, 0.3) is 10.9 Å². The van der Waals surface area contributed by atoms with Crippen molar-refractivity contribution >= 4 is 46.6 Å². The first-order chi connectivity index (χ1) is 13.6. The third-order valence-electron chi connectivity index (χ3n) is 5.19. The molecule has 0 bridgehead atoms. The number of hydrogen-bond donors (Lipinski definition) is 2. The Morgan fingerprint density at radius 1 is 1.00 bits per heavy atom. The highest BCUT2D eigenvalue weighted by atomic mass is 35.5. The summed E-state index contributed by atoms with van der Waals surface area (Å²) in [7, 11) is 0. The average molecular weight is 434 g/mol. The number of nitrogens with one attached hydrogen (secondary N) is 2. The normalized spacial score (nSPS) is 18.7. The second-order valence-electron chi connectivity index (χ2n) is 7.18. The molecule has 29 heavy (non-hydrogen) atoms. The Hall–Kier alpha value is -2.37. The second-order valence-corrected chi connectivity index (χ2v) is 7.59. The van der Waals surface area contributed by atoms with Gasteiger partial charge in [0.2, 0.25) is 0 Å². The quantitative estimate of drug-likeness (QED) is 0.562. The molecule has 1 heterocycles. The van der Waals surface area contributed by atoms with Crippen LogP contribution in [-0.4, -0.2) is 23.0 Å². The van der Waals surface area contributed by atoms with Gasteiger partial charge >= 0.3 is 0 Å². The molecular weight excluding hydrogens is 412 g/mol. The molecule has 152 valence electrons. The zero-order chi connectivity index (χ0) is 19.5. The molecule has 2 aromatic carbocycles. The van der Waals surface area contributed by atoms with E-state index in [0.29, 0.717) is 11.6 Å². The number of carbonyl (C=O) groups is 1. The number of fused-ring (bicyclic) bond motifs is 1. The fourth-order valence-corrected chi connectivity index (χ4v) is 3.76. The van der Waals surface area contributed by atoms with Gasteiger partial charge in [0.25, 0.3) is 5.91 Å². The smallest absolute Gasteiger partial charge is 0.251 e. The van der Waals surface area contributed by atoms with E-state index in [-0.39, 0.29) is 29.4 Å². The number of benzene rings is 2. The van der Waals surface area contributed by atoms with Crippen LogP contribution >= 0.6 is 24.0 Å². The van der Waals surface area contributed by atoms with Gasteiger partial charge in [-0.15, -0.1) is 12.4 Å². The molecule has 2 N–H and O–H groups in total. The van der Waals surface area contributed by atoms with E-state index in [2.05, 4.69) is 21.7 Å². The van der Waals surface area contributed by atoms with Crippen LogP contribution in [0.2, 0.25) is 5.02 Å². The molecule has 1 saturated carbocycles. The van der Waals surface area contributed by atoms with E-state index in [9.17, 15) is 9.18 Å². The van der Waals surface area contributed by atoms with Gasteiger partial charge in [-0.1, -0.05) is 29.8 Å². The molecule has 1 amide bonds. The van der Waals surface area contributed by atoms with Gasteiger partial charge in [0.1, 0.15) is 11.6 Å². The maximum absolute atomic E-state index is 13.5. The number of para-hydroxylation sites is 1. The fraction of sp³-hybridized carbons (Fsp3) is 0.273. The highest BCUT2D eigenvalue weighted by Crippen LogP contribution is 2.23. The van der Waals surface area contributed by atoms with Gasteiger partial charge in [-0.3, -0.25) is 4.79 Å². The Morgan fingerprint density at radius 3 is 2.48 bits per heavy atom. The first-order valence-corrected chi connectivity index (χ1v) is 9.84. The van der Waals surface area contributed by atoms with E-state index in [0.717, 1.165) is 42.4 Å². The second kappa shape index (κ2) is 9.42. The lowest BCUT2D eigenvalue weighted by Gasteiger charge is -2.30. The van der Waals surface area contributed by atoms with E-state index < -0.39 is 5.82 Å². The van der Waals surface area contributed by atoms with Crippen molar-refractivity contribution in [3.63, 3.8) is 0 Å². The summed E-state index contributed by atoms with van der Waals surface area (Å²) in [6, 6.07) is 16.7. The van der Waals surface area contributed by atoms with Crippen LogP contribution in [0.1, 0.15) is 36.0 Å². The minimum Gasteiger partial charge on any atom is -0.367 e. The van der Waals surface area contributed by atoms with Crippen molar-refractivity contribution in [2.24, 2.45) is 0 Å². The Bertz CT molecular complexity index is 1010. The molecule has 4 nitrogen and oxygen atoms in total. The molecular formula is C22H22Cl2FN3O. The number of aromatic nitrogens is 1. The van der Waals surface area contributed by atoms with Gasteiger partial charge in [-0.2, -0.15) is 0 Å². The van der Waals surface area contributed by atoms with E-state index in [1.54, 1.807) is 6.07 Å². The average Bonchev–Trinajstić information content (AvgIpc) is 2.71. The molecule has 0 saturated heterocycles. The fourth-order valence-electron chi connectivity index (χ4n) is 3.64. The third-order valence-corrected chi connectivity index (χ3v) is 5.50. The lowest BCUT2D eigenvalue weighted by atomic mass is 9.91. The molecule has 0 spiro atoms. The number of anilines is 1. The minimum atomic E-state index is -0.579. The molecule has 0 atom stereocenters. The van der Waals surface area contributed by atoms with Gasteiger partial charge < -0.3 is 10.6 Å². The molecule has 0 radical (unpaired) electrons. The monoisotopic (exact) mass is 433 g/mol. The topological polar surface area (TPSA) is 54.0 Å². The van der Waals surface area contributed by atoms with E-state index in [1.807, 2.05) is 30.3 Å². The van der Waals surface area contributed by atoms with Gasteiger partial charge in [0.05, 0.1) is 10.5 Å². The molecule has 0 aliphatic heterocycles. The summed E-state index contributed by atoms with van der Waals surface area (Å²) < 4.78 is 13.5. The minimum absolute atomic E-state index is 0. The van der Waals surface area contributed by atoms with Crippen molar-refractivity contribution < 1.29 is 9.18 Å². The maximum Gasteiger partial charge on any atom is 0.251 e. The first kappa shape index (κ1) is 21.3. The van der Waals surface area contributed by atoms with Crippen molar-refractivity contribution in [1.82, 2.24) is 10.3 Å². The summed E-state index contributed by atoms with van der Waals surface area (Å²) in [5, 5.41) is 7.64. The van der Waals surface area contributed by atoms with Crippen molar-refractivity contribution in [2.75, 3.05) is 5.32 Å². The van der Waals surface area contributed by atoms with E-state index in [1.165, 1.54) is 12.1 Å². The number of carbonyl (C=O) groups excluding carboxylic acids is 1. The standard InChI is InChI=1S/C22H21ClFN3O.ClH/c23-18-11-5-15(13-19(18)24)22(28)26-17-9-7-16(8-10-17)25-21-12-6-14-3-1-2-4-20(14)27-21;/h1-6,11-13,16-17H,7-10H2,(H,25,27)(H,26,28);1H/t16-,17+;. The molecule has 7 heteroatoms. The zero-order valence-electron chi connectivity index (χ0n) is 15.7. The van der Waals surface area contributed by atoms with E-state index >= 15 is 0 Å². The SMILES string of the molecule is Cl.O=C(N[C@H]1CC[C@@H](Nc2ccc3ccccc3n2)CC1)c1ccc(Cl)c(F)c1. The number of halogens is 3. The highest BCUT2D eigenvalue weighted by molar-refractivity contribution is 6.30. The van der Waals surface area contributed by atoms with Crippen LogP contribution in [0.4, 0.5) is 10.2 Å². The molecule has 0 unspecified atom stereocenters. The summed E-state index contributed by atoms with van der Waals surface area (Å²) >= 11 is 5.67. The van der Waals surface area contributed by atoms with Crippen LogP contribution in [0.5, 0.6) is 0 Å². The van der Waals surface area contributed by atoms with Gasteiger partial charge in [0, 0.05) is 23.0 Å². The third kappa shape index (κ3) is 5.17. The summed E-state index contributed by atoms with van der Waals surface area (Å²) in [5.41, 5.74) is 1.27. The predicted molar refractivity (Wildman–Crippen MR) is 118 cm³/mol. The lowest BCUT2D eigenvalue weighted by molar-refractivity contribution is 0.0926. The predicted octanol–water partition coefficient (Wildman–Crippen LogP) is 5.60. The summed E-state index contributed by atoms with van der Waals surface area (Å²) in [6.45, 7) is 0. The number of hydrogen-bond acceptors (Lipinski definition) is 3. The van der Waals surface area contributed by atoms with Crippen molar-refractivity contribution in [2.45, 2.75) is 37.8 Å². The van der Waals surface area contributed by atoms with Crippen LogP contribution in [0, 0.1) is 5.82 Å². The summed E-state index contributed by atoms with van der Waals surface area (Å²) in [6.07, 6.45) is 3.61. The molecule has 1 aliphatic rings. The van der Waals surface area contributed by atoms with Crippen LogP contribution in [0.3, 0.4) is 0 Å². The Kier molecular flexibility index (Phi) is 6.93. The number of pyridine rings is 1. The molecule has 4 rings (SSSR count). The van der Waals surface area contributed by atoms with Crippen LogP contribution < -0.4 is 10.6 Å². The summed E-state index contributed by atoms with van der Waals surface area (Å²) in [5.74, 6) is 0.0381. The number of rotatable bonds is 4. The molecule has 1 aromatic heterocycles. The first-order valence-electron chi connectivity index (χ1n) is 9.47. The van der Waals surface area contributed by atoms with Gasteiger partial charge in [-0.25, -0.2) is 9.37 Å². The number of amides is 1. The van der Waals surface area contributed by atoms with Crippen LogP contribution in [-0.2, 0) is 0 Å². The maximum atomic E-state index is 13.5. The zero-order valence-corrected chi connectivity index (χ0v) is 17.3. The largest absolute Gasteiger partial charge is 0.367 e. The van der Waals surface area contributed by atoms with Crippen molar-refractivity contribution in [3.05, 3.63) is 71.0 Å². The lowest BCUT2D eigenvalue weighted by Crippen LogP contribution is -2.40. The highest BCUT2D eigenvalue weighted by Gasteiger charge is 2.23. The Labute approximate surface area is 180 Å². The number of nitrogens with zero attached hydrogens (tertiary/aromatic N) is 1. The van der Waals surface area contributed by atoms with Gasteiger partial charge in [0.15, 0.2) is 0 Å². The van der Waals surface area contributed by atoms with Crippen molar-refractivity contribution in [1.29, 1.82) is 0 Å². The Balaban J connectivity index is 0.00000240. The van der Waals surface area contributed by atoms with Gasteiger partial charge in [-0.05, 0) is 62.1 Å². The van der Waals surface area contributed by atoms with E-state index in [4.69, 9.17) is 11.6 Å². The summed E-state index contributed by atoms with van der Waals surface area (Å²) in [4.78, 5) is 17.0. The molecule has 1 aliphatic carbocycles. The Morgan fingerprint density at radius 2 is 1.72 bits per heavy atom. The molecule has 1 fully saturated rings. The molecule has 3 aromatic rings. The van der Waals surface area contributed by atoms with Crippen LogP contribution in [0.15, 0.2) is 54.6 Å². The van der Waals surface area contributed by atoms with Crippen molar-refractivity contribution in [3.8, 4) is 0 Å².